The zero-order valence-corrected chi connectivity index (χ0v) is 18.9. The second kappa shape index (κ2) is 8.76. The van der Waals surface area contributed by atoms with Crippen LogP contribution in [-0.4, -0.2) is 39.1 Å². The zero-order chi connectivity index (χ0) is 22.9. The van der Waals surface area contributed by atoms with E-state index in [9.17, 15) is 4.79 Å². The van der Waals surface area contributed by atoms with Crippen LogP contribution in [0.15, 0.2) is 42.5 Å². The van der Waals surface area contributed by atoms with E-state index in [1.54, 1.807) is 23.9 Å². The molecule has 9 nitrogen and oxygen atoms in total. The fourth-order valence-corrected chi connectivity index (χ4v) is 4.12. The predicted octanol–water partition coefficient (Wildman–Crippen LogP) is 4.38. The predicted molar refractivity (Wildman–Crippen MR) is 123 cm³/mol. The number of ether oxygens (including phenoxy) is 3. The molecule has 0 spiro atoms. The molecule has 0 bridgehead atoms. The highest BCUT2D eigenvalue weighted by atomic mass is 35.5. The molecule has 1 amide bonds. The smallest absolute Gasteiger partial charge is 0.412 e. The molecule has 0 unspecified atom stereocenters. The minimum atomic E-state index is -0.571. The number of benzene rings is 2. The van der Waals surface area contributed by atoms with E-state index >= 15 is 0 Å². The first-order chi connectivity index (χ1) is 16.0. The van der Waals surface area contributed by atoms with E-state index in [-0.39, 0.29) is 6.61 Å². The van der Waals surface area contributed by atoms with Crippen LogP contribution in [0.4, 0.5) is 10.5 Å². The molecule has 3 heterocycles. The van der Waals surface area contributed by atoms with Gasteiger partial charge in [-0.2, -0.15) is 5.10 Å². The van der Waals surface area contributed by atoms with Crippen molar-refractivity contribution in [3.63, 3.8) is 0 Å². The summed E-state index contributed by atoms with van der Waals surface area (Å²) >= 11 is 6.06. The van der Waals surface area contributed by atoms with Gasteiger partial charge >= 0.3 is 6.09 Å². The summed E-state index contributed by atoms with van der Waals surface area (Å²) in [6.45, 7) is 1.96. The number of rotatable bonds is 5. The molecule has 0 atom stereocenters. The Kier molecular flexibility index (Phi) is 5.65. The van der Waals surface area contributed by atoms with E-state index in [0.717, 1.165) is 34.7 Å². The van der Waals surface area contributed by atoms with Gasteiger partial charge in [0.1, 0.15) is 30.5 Å². The summed E-state index contributed by atoms with van der Waals surface area (Å²) in [6.07, 6.45) is -0.571. The highest BCUT2D eigenvalue weighted by Gasteiger charge is 2.16. The molecule has 0 aliphatic carbocycles. The lowest BCUT2D eigenvalue weighted by atomic mass is 10.1. The molecule has 0 radical (unpaired) electrons. The molecule has 1 aliphatic heterocycles. The van der Waals surface area contributed by atoms with Crippen molar-refractivity contribution in [1.29, 1.82) is 0 Å². The largest absolute Gasteiger partial charge is 0.496 e. The molecule has 0 saturated heterocycles. The number of aromatic nitrogens is 4. The molecule has 170 valence electrons. The third-order valence-electron chi connectivity index (χ3n) is 5.49. The summed E-state index contributed by atoms with van der Waals surface area (Å²) < 4.78 is 20.1. The van der Waals surface area contributed by atoms with Gasteiger partial charge in [-0.3, -0.25) is 10.00 Å². The number of halogens is 1. The van der Waals surface area contributed by atoms with Gasteiger partial charge in [0, 0.05) is 29.9 Å². The molecule has 4 aromatic rings. The van der Waals surface area contributed by atoms with Crippen LogP contribution in [0.5, 0.6) is 5.75 Å². The summed E-state index contributed by atoms with van der Waals surface area (Å²) in [7, 11) is 3.40. The molecule has 10 heteroatoms. The number of hydrogen-bond donors (Lipinski definition) is 1. The maximum Gasteiger partial charge on any atom is 0.412 e. The number of hydrogen-bond acceptors (Lipinski definition) is 6. The third-order valence-corrected chi connectivity index (χ3v) is 5.72. The Bertz CT molecular complexity index is 1350. The normalized spacial score (nSPS) is 13.1. The molecular weight excluding hydrogens is 446 g/mol. The quantitative estimate of drug-likeness (QED) is 0.468. The van der Waals surface area contributed by atoms with Crippen LogP contribution < -0.4 is 10.1 Å². The lowest BCUT2D eigenvalue weighted by Crippen LogP contribution is -2.16. The van der Waals surface area contributed by atoms with Gasteiger partial charge in [-0.25, -0.2) is 9.78 Å². The Labute approximate surface area is 194 Å². The van der Waals surface area contributed by atoms with E-state index in [1.807, 2.05) is 37.4 Å². The third kappa shape index (κ3) is 4.24. The fraction of sp³-hybridized carbons (Fsp3) is 0.261. The number of amides is 1. The van der Waals surface area contributed by atoms with Gasteiger partial charge in [0.15, 0.2) is 0 Å². The van der Waals surface area contributed by atoms with Gasteiger partial charge in [-0.05, 0) is 42.5 Å². The summed E-state index contributed by atoms with van der Waals surface area (Å²) in [6, 6.07) is 12.9. The van der Waals surface area contributed by atoms with E-state index in [4.69, 9.17) is 25.8 Å². The Hall–Kier alpha value is -3.56. The average molecular weight is 468 g/mol. The number of aryl methyl sites for hydroxylation is 1. The molecule has 1 aliphatic rings. The molecule has 1 N–H and O–H groups in total. The molecule has 2 aromatic carbocycles. The van der Waals surface area contributed by atoms with Gasteiger partial charge in [0.2, 0.25) is 0 Å². The molecule has 0 saturated carbocycles. The van der Waals surface area contributed by atoms with E-state index in [2.05, 4.69) is 20.0 Å². The van der Waals surface area contributed by atoms with Crippen molar-refractivity contribution < 1.29 is 19.0 Å². The number of nitrogens with zero attached hydrogens (tertiary/aromatic N) is 4. The SMILES string of the molecule is COc1cc(Cl)ccc1-c1cc(COC(=O)Nc2ccc3c(c2)nc2n3CCOC2)nn1C. The second-order valence-electron chi connectivity index (χ2n) is 7.63. The standard InChI is InChI=1S/C23H22ClN5O4/c1-28-20(17-5-3-14(24)9-21(17)31-2)11-16(27-28)12-33-23(30)25-15-4-6-19-18(10-15)26-22-13-32-8-7-29(19)22/h3-6,9-11H,7-8,12-13H2,1-2H3,(H,25,30). The number of fused-ring (bicyclic) bond motifs is 3. The van der Waals surface area contributed by atoms with Crippen molar-refractivity contribution in [3.8, 4) is 17.0 Å². The minimum absolute atomic E-state index is 0.0218. The fourth-order valence-electron chi connectivity index (χ4n) is 3.96. The lowest BCUT2D eigenvalue weighted by Gasteiger charge is -2.14. The van der Waals surface area contributed by atoms with Gasteiger partial charge in [-0.1, -0.05) is 11.6 Å². The summed E-state index contributed by atoms with van der Waals surface area (Å²) in [4.78, 5) is 17.0. The number of nitrogens with one attached hydrogen (secondary N) is 1. The van der Waals surface area contributed by atoms with Gasteiger partial charge < -0.3 is 18.8 Å². The Morgan fingerprint density at radius 1 is 1.24 bits per heavy atom. The van der Waals surface area contributed by atoms with Gasteiger partial charge in [0.25, 0.3) is 0 Å². The van der Waals surface area contributed by atoms with E-state index in [0.29, 0.717) is 35.4 Å². The van der Waals surface area contributed by atoms with Crippen molar-refractivity contribution in [2.24, 2.45) is 7.05 Å². The van der Waals surface area contributed by atoms with Crippen LogP contribution in [0.1, 0.15) is 11.5 Å². The van der Waals surface area contributed by atoms with Gasteiger partial charge in [-0.15, -0.1) is 0 Å². The summed E-state index contributed by atoms with van der Waals surface area (Å²) in [5, 5.41) is 7.78. The molecule has 0 fully saturated rings. The van der Waals surface area contributed by atoms with E-state index in [1.165, 1.54) is 0 Å². The van der Waals surface area contributed by atoms with Crippen LogP contribution >= 0.6 is 11.6 Å². The number of methoxy groups -OCH3 is 1. The minimum Gasteiger partial charge on any atom is -0.496 e. The highest BCUT2D eigenvalue weighted by Crippen LogP contribution is 2.32. The Morgan fingerprint density at radius 2 is 2.12 bits per heavy atom. The molecule has 2 aromatic heterocycles. The maximum absolute atomic E-state index is 12.4. The van der Waals surface area contributed by atoms with E-state index < -0.39 is 6.09 Å². The van der Waals surface area contributed by atoms with Crippen LogP contribution in [0.2, 0.25) is 5.02 Å². The van der Waals surface area contributed by atoms with Crippen LogP contribution in [0, 0.1) is 0 Å². The molecule has 5 rings (SSSR count). The number of carbonyl (C=O) groups excluding carboxylic acids is 1. The van der Waals surface area contributed by atoms with Crippen LogP contribution in [-0.2, 0) is 36.3 Å². The first kappa shape index (κ1) is 21.3. The number of imidazole rings is 1. The van der Waals surface area contributed by atoms with Crippen molar-refractivity contribution in [1.82, 2.24) is 19.3 Å². The highest BCUT2D eigenvalue weighted by molar-refractivity contribution is 6.30. The lowest BCUT2D eigenvalue weighted by molar-refractivity contribution is 0.0830. The number of carbonyl (C=O) groups is 1. The molecular formula is C23H22ClN5O4. The van der Waals surface area contributed by atoms with Gasteiger partial charge in [0.05, 0.1) is 30.4 Å². The van der Waals surface area contributed by atoms with Crippen LogP contribution in [0.3, 0.4) is 0 Å². The van der Waals surface area contributed by atoms with Crippen molar-refractivity contribution in [3.05, 3.63) is 59.0 Å². The topological polar surface area (TPSA) is 92.4 Å². The first-order valence-corrected chi connectivity index (χ1v) is 10.8. The zero-order valence-electron chi connectivity index (χ0n) is 18.2. The Balaban J connectivity index is 1.26. The summed E-state index contributed by atoms with van der Waals surface area (Å²) in [5.74, 6) is 1.53. The average Bonchev–Trinajstić information content (AvgIpc) is 3.37. The van der Waals surface area contributed by atoms with Crippen LogP contribution in [0.25, 0.3) is 22.3 Å². The monoisotopic (exact) mass is 467 g/mol. The van der Waals surface area contributed by atoms with Crippen molar-refractivity contribution in [2.75, 3.05) is 19.0 Å². The van der Waals surface area contributed by atoms with Crippen molar-refractivity contribution >= 4 is 34.4 Å². The molecule has 33 heavy (non-hydrogen) atoms. The van der Waals surface area contributed by atoms with Crippen molar-refractivity contribution in [2.45, 2.75) is 19.8 Å². The second-order valence-corrected chi connectivity index (χ2v) is 8.06. The summed E-state index contributed by atoms with van der Waals surface area (Å²) in [5.41, 5.74) is 4.70. The Morgan fingerprint density at radius 3 is 2.97 bits per heavy atom. The number of anilines is 1. The maximum atomic E-state index is 12.4. The first-order valence-electron chi connectivity index (χ1n) is 10.4.